The summed E-state index contributed by atoms with van der Waals surface area (Å²) in [5, 5.41) is 9.82. The zero-order valence-corrected chi connectivity index (χ0v) is 18.5. The number of fused-ring (bicyclic) bond motifs is 1. The normalized spacial score (nSPS) is 21.3. The number of nitrogens with two attached hydrogens (primary N) is 2. The molecule has 1 fully saturated rings. The Kier molecular flexibility index (Phi) is 6.51. The van der Waals surface area contributed by atoms with Crippen LogP contribution in [0.25, 0.3) is 21.3 Å². The third-order valence-electron chi connectivity index (χ3n) is 6.42. The number of nitrogens with one attached hydrogen (secondary N) is 1. The Morgan fingerprint density at radius 2 is 2.00 bits per heavy atom. The quantitative estimate of drug-likeness (QED) is 0.574. The van der Waals surface area contributed by atoms with Gasteiger partial charge in [-0.3, -0.25) is 10.4 Å². The molecular weight excluding hydrogens is 396 g/mol. The van der Waals surface area contributed by atoms with E-state index in [1.54, 1.807) is 11.3 Å². The Morgan fingerprint density at radius 3 is 2.73 bits per heavy atom. The van der Waals surface area contributed by atoms with E-state index in [2.05, 4.69) is 17.1 Å². The summed E-state index contributed by atoms with van der Waals surface area (Å²) in [6.07, 6.45) is 7.38. The first-order chi connectivity index (χ1) is 14.5. The molecule has 1 aliphatic carbocycles. The van der Waals surface area contributed by atoms with Crippen LogP contribution >= 0.6 is 11.3 Å². The molecule has 1 amide bonds. The number of ether oxygens (including phenoxy) is 1. The van der Waals surface area contributed by atoms with E-state index in [-0.39, 0.29) is 5.91 Å². The van der Waals surface area contributed by atoms with Gasteiger partial charge in [0.15, 0.2) is 5.82 Å². The summed E-state index contributed by atoms with van der Waals surface area (Å²) in [4.78, 5) is 14.8. The molecule has 4 rings (SSSR count). The summed E-state index contributed by atoms with van der Waals surface area (Å²) >= 11 is 1.54. The van der Waals surface area contributed by atoms with Crippen molar-refractivity contribution in [2.75, 3.05) is 12.8 Å². The molecule has 0 unspecified atom stereocenters. The number of carbonyl (C=O) groups is 1. The fraction of sp³-hybridized carbons (Fsp3) is 0.478. The lowest BCUT2D eigenvalue weighted by Crippen LogP contribution is -2.93. The molecule has 1 atom stereocenters. The lowest BCUT2D eigenvalue weighted by molar-refractivity contribution is -0.599. The second kappa shape index (κ2) is 9.29. The van der Waals surface area contributed by atoms with Gasteiger partial charge < -0.3 is 10.5 Å². The highest BCUT2D eigenvalue weighted by molar-refractivity contribution is 7.17. The number of benzene rings is 1. The van der Waals surface area contributed by atoms with Gasteiger partial charge in [-0.1, -0.05) is 18.9 Å². The number of carbonyl (C=O) groups excluding carboxylic acids is 1. The van der Waals surface area contributed by atoms with Crippen molar-refractivity contribution in [3.05, 3.63) is 35.2 Å². The number of H-pyrrole nitrogens is 1. The van der Waals surface area contributed by atoms with Gasteiger partial charge in [0.1, 0.15) is 4.88 Å². The largest absolute Gasteiger partial charge is 0.382 e. The molecule has 0 bridgehead atoms. The van der Waals surface area contributed by atoms with Gasteiger partial charge in [-0.2, -0.15) is 5.10 Å². The molecule has 6 nitrogen and oxygen atoms in total. The maximum atomic E-state index is 12.9. The monoisotopic (exact) mass is 427 g/mol. The fourth-order valence-electron chi connectivity index (χ4n) is 4.54. The number of nitrogen functional groups attached to an aromatic ring is 1. The number of methoxy groups -OCH3 is 1. The highest BCUT2D eigenvalue weighted by Gasteiger charge is 2.26. The number of hydrogen-bond acceptors (Lipinski definition) is 5. The highest BCUT2D eigenvalue weighted by Crippen LogP contribution is 2.31. The Balaban J connectivity index is 1.40. The molecule has 3 aromatic rings. The molecule has 0 spiro atoms. The number of anilines is 1. The van der Waals surface area contributed by atoms with Crippen LogP contribution in [0.3, 0.4) is 0 Å². The molecule has 1 aromatic carbocycles. The van der Waals surface area contributed by atoms with Gasteiger partial charge in [0, 0.05) is 23.3 Å². The van der Waals surface area contributed by atoms with Gasteiger partial charge in [-0.25, -0.2) is 4.79 Å². The Bertz CT molecular complexity index is 1000. The van der Waals surface area contributed by atoms with Crippen LogP contribution < -0.4 is 11.1 Å². The van der Waals surface area contributed by atoms with Gasteiger partial charge in [-0.15, -0.1) is 11.3 Å². The number of hydrogen-bond donors (Lipinski definition) is 3. The van der Waals surface area contributed by atoms with E-state index in [9.17, 15) is 4.79 Å². The maximum absolute atomic E-state index is 12.9. The Hall–Kier alpha value is -2.22. The number of thiophene rings is 1. The van der Waals surface area contributed by atoms with Crippen molar-refractivity contribution in [2.45, 2.75) is 57.6 Å². The second-order valence-electron chi connectivity index (χ2n) is 8.40. The van der Waals surface area contributed by atoms with Crippen LogP contribution in [-0.4, -0.2) is 35.4 Å². The average Bonchev–Trinajstić information content (AvgIpc) is 3.35. The zero-order chi connectivity index (χ0) is 21.1. The van der Waals surface area contributed by atoms with Crippen molar-refractivity contribution in [3.63, 3.8) is 0 Å². The number of quaternary nitrogens is 1. The third-order valence-corrected chi connectivity index (χ3v) is 7.57. The first kappa shape index (κ1) is 21.0. The van der Waals surface area contributed by atoms with Crippen LogP contribution in [0, 0.1) is 5.92 Å². The number of rotatable bonds is 5. The van der Waals surface area contributed by atoms with Crippen molar-refractivity contribution >= 4 is 34.0 Å². The smallest absolute Gasteiger partial charge is 0.352 e. The number of aromatic amines is 1. The van der Waals surface area contributed by atoms with Crippen molar-refractivity contribution in [1.29, 1.82) is 0 Å². The lowest BCUT2D eigenvalue weighted by atomic mass is 9.85. The molecule has 0 saturated heterocycles. The molecule has 0 radical (unpaired) electrons. The molecule has 0 aliphatic heterocycles. The highest BCUT2D eigenvalue weighted by atomic mass is 32.1. The minimum Gasteiger partial charge on any atom is -0.382 e. The van der Waals surface area contributed by atoms with Crippen LogP contribution in [-0.2, 0) is 4.74 Å². The van der Waals surface area contributed by atoms with Crippen molar-refractivity contribution < 1.29 is 14.8 Å². The van der Waals surface area contributed by atoms with Crippen LogP contribution in [0.2, 0.25) is 0 Å². The molecule has 1 saturated carbocycles. The van der Waals surface area contributed by atoms with Crippen LogP contribution in [0.5, 0.6) is 0 Å². The van der Waals surface area contributed by atoms with Crippen LogP contribution in [0.1, 0.15) is 55.1 Å². The minimum atomic E-state index is 0.138. The van der Waals surface area contributed by atoms with Crippen LogP contribution in [0.15, 0.2) is 30.3 Å². The number of primary amides is 1. The van der Waals surface area contributed by atoms with E-state index in [1.807, 2.05) is 42.8 Å². The van der Waals surface area contributed by atoms with Crippen molar-refractivity contribution in [2.24, 2.45) is 5.92 Å². The molecule has 160 valence electrons. The van der Waals surface area contributed by atoms with Gasteiger partial charge >= 0.3 is 5.91 Å². The number of aromatic nitrogens is 2. The summed E-state index contributed by atoms with van der Waals surface area (Å²) in [5.74, 6) is 1.22. The third kappa shape index (κ3) is 4.58. The predicted molar refractivity (Wildman–Crippen MR) is 122 cm³/mol. The summed E-state index contributed by atoms with van der Waals surface area (Å²) in [6, 6.07) is 10.3. The molecular formula is C23H31N4O2S+. The SMILES string of the molecule is COC1CCCC([C@@H](C)[NH2+]C(=O)c2ccc(-c3ccc4[nH]nc(N)c4c3)s2)CCC1. The number of nitrogens with zero attached hydrogens (tertiary/aromatic N) is 1. The minimum absolute atomic E-state index is 0.138. The number of amides is 1. The van der Waals surface area contributed by atoms with Crippen LogP contribution in [0.4, 0.5) is 5.82 Å². The fourth-order valence-corrected chi connectivity index (χ4v) is 5.46. The summed E-state index contributed by atoms with van der Waals surface area (Å²) < 4.78 is 5.54. The van der Waals surface area contributed by atoms with E-state index in [0.717, 1.165) is 39.1 Å². The van der Waals surface area contributed by atoms with Gasteiger partial charge in [-0.05, 0) is 62.4 Å². The average molecular weight is 428 g/mol. The Morgan fingerprint density at radius 1 is 1.23 bits per heavy atom. The molecule has 2 aromatic heterocycles. The van der Waals surface area contributed by atoms with Crippen molar-refractivity contribution in [1.82, 2.24) is 10.2 Å². The summed E-state index contributed by atoms with van der Waals surface area (Å²) in [5.41, 5.74) is 7.91. The molecule has 1 aliphatic rings. The topological polar surface area (TPSA) is 97.6 Å². The zero-order valence-electron chi connectivity index (χ0n) is 17.7. The van der Waals surface area contributed by atoms with E-state index < -0.39 is 0 Å². The standard InChI is InChI=1S/C23H30N4O2S/c1-14(15-5-3-7-17(29-2)8-4-6-15)25-23(28)21-12-11-20(30-21)16-9-10-19-18(13-16)22(24)27-26-19/h9-15,17H,3-8H2,1-2H3,(H,25,28)(H3,24,26,27)/p+1/t14-,15?,17?/m1/s1. The predicted octanol–water partition coefficient (Wildman–Crippen LogP) is 3.95. The van der Waals surface area contributed by atoms with Gasteiger partial charge in [0.25, 0.3) is 0 Å². The second-order valence-corrected chi connectivity index (χ2v) is 9.49. The maximum Gasteiger partial charge on any atom is 0.352 e. The van der Waals surface area contributed by atoms with Crippen molar-refractivity contribution in [3.8, 4) is 10.4 Å². The summed E-state index contributed by atoms with van der Waals surface area (Å²) in [7, 11) is 1.82. The first-order valence-electron chi connectivity index (χ1n) is 10.8. The lowest BCUT2D eigenvalue weighted by Gasteiger charge is -2.26. The first-order valence-corrected chi connectivity index (χ1v) is 11.6. The van der Waals surface area contributed by atoms with Gasteiger partial charge in [0.05, 0.1) is 17.7 Å². The molecule has 7 heteroatoms. The molecule has 5 N–H and O–H groups in total. The van der Waals surface area contributed by atoms with E-state index in [4.69, 9.17) is 10.5 Å². The van der Waals surface area contributed by atoms with E-state index in [1.165, 1.54) is 25.7 Å². The van der Waals surface area contributed by atoms with E-state index in [0.29, 0.717) is 23.9 Å². The summed E-state index contributed by atoms with van der Waals surface area (Å²) in [6.45, 7) is 2.20. The molecule has 30 heavy (non-hydrogen) atoms. The van der Waals surface area contributed by atoms with E-state index >= 15 is 0 Å². The molecule has 2 heterocycles. The Labute approximate surface area is 181 Å². The van der Waals surface area contributed by atoms with Gasteiger partial charge in [0.2, 0.25) is 0 Å².